The molecule has 28 heavy (non-hydrogen) atoms. The van der Waals surface area contributed by atoms with E-state index in [1.165, 1.54) is 14.0 Å². The molecule has 1 amide bonds. The minimum absolute atomic E-state index is 0.126. The van der Waals surface area contributed by atoms with Gasteiger partial charge in [0.2, 0.25) is 0 Å². The fraction of sp³-hybridized carbons (Fsp3) is 0.190. The maximum atomic E-state index is 12.8. The molecule has 0 bridgehead atoms. The number of carbonyl (C=O) groups is 2. The fourth-order valence-electron chi connectivity index (χ4n) is 2.64. The summed E-state index contributed by atoms with van der Waals surface area (Å²) < 4.78 is 11.0. The van der Waals surface area contributed by atoms with Crippen LogP contribution < -0.4 is 15.6 Å². The van der Waals surface area contributed by atoms with Crippen LogP contribution in [0.25, 0.3) is 11.0 Å². The molecule has 0 radical (unpaired) electrons. The first-order chi connectivity index (χ1) is 13.5. The summed E-state index contributed by atoms with van der Waals surface area (Å²) in [4.78, 5) is 28.7. The van der Waals surface area contributed by atoms with Gasteiger partial charge in [0.05, 0.1) is 7.11 Å². The Morgan fingerprint density at radius 1 is 1.14 bits per heavy atom. The normalized spacial score (nSPS) is 11.3. The maximum Gasteiger partial charge on any atom is 0.332 e. The maximum absolute atomic E-state index is 12.8. The van der Waals surface area contributed by atoms with Gasteiger partial charge in [-0.1, -0.05) is 31.2 Å². The summed E-state index contributed by atoms with van der Waals surface area (Å²) in [7, 11) is 1.51. The number of aryl methyl sites for hydroxylation is 1. The van der Waals surface area contributed by atoms with Crippen molar-refractivity contribution in [1.82, 2.24) is 0 Å². The highest BCUT2D eigenvalue weighted by atomic mass is 16.7. The van der Waals surface area contributed by atoms with Crippen LogP contribution in [-0.4, -0.2) is 19.0 Å². The van der Waals surface area contributed by atoms with Gasteiger partial charge in [0.15, 0.2) is 11.3 Å². The number of hydrogen-bond donors (Lipinski definition) is 1. The van der Waals surface area contributed by atoms with E-state index < -0.39 is 11.9 Å². The Kier molecular flexibility index (Phi) is 5.74. The van der Waals surface area contributed by atoms with Gasteiger partial charge in [-0.05, 0) is 41.4 Å². The van der Waals surface area contributed by atoms with E-state index in [0.29, 0.717) is 22.4 Å². The predicted octanol–water partition coefficient (Wildman–Crippen LogP) is 3.63. The van der Waals surface area contributed by atoms with Crippen LogP contribution >= 0.6 is 0 Å². The lowest BCUT2D eigenvalue weighted by atomic mass is 10.1. The monoisotopic (exact) mass is 380 g/mol. The molecule has 7 nitrogen and oxygen atoms in total. The highest BCUT2D eigenvalue weighted by Gasteiger charge is 2.15. The van der Waals surface area contributed by atoms with Gasteiger partial charge < -0.3 is 19.3 Å². The number of carbonyl (C=O) groups excluding carboxylic acids is 2. The molecule has 0 unspecified atom stereocenters. The molecule has 144 valence electrons. The molecule has 0 fully saturated rings. The van der Waals surface area contributed by atoms with E-state index in [1.807, 2.05) is 24.3 Å². The predicted molar refractivity (Wildman–Crippen MR) is 104 cm³/mol. The summed E-state index contributed by atoms with van der Waals surface area (Å²) >= 11 is 0. The molecule has 0 atom stereocenters. The summed E-state index contributed by atoms with van der Waals surface area (Å²) in [5.41, 5.74) is 2.18. The summed E-state index contributed by atoms with van der Waals surface area (Å²) in [6.07, 6.45) is 0.908. The number of nitrogens with one attached hydrogen (secondary N) is 1. The zero-order chi connectivity index (χ0) is 20.1. The zero-order valence-corrected chi connectivity index (χ0v) is 15.8. The van der Waals surface area contributed by atoms with Gasteiger partial charge in [0.25, 0.3) is 11.5 Å². The highest BCUT2D eigenvalue weighted by molar-refractivity contribution is 6.05. The standard InChI is InChI=1S/C21H20N2O5/c1-4-14-8-10-16(11-9-14)22-20(25)17-12-15-6-5-7-18(26-3)19(15)27-21(17)23-28-13(2)24/h5-12H,4H2,1-3H3,(H,22,25)/b23-21-. The van der Waals surface area contributed by atoms with Crippen LogP contribution in [0.3, 0.4) is 0 Å². The number of benzene rings is 2. The summed E-state index contributed by atoms with van der Waals surface area (Å²) in [5.74, 6) is -0.598. The van der Waals surface area contributed by atoms with Gasteiger partial charge >= 0.3 is 5.97 Å². The molecule has 3 rings (SSSR count). The second-order valence-electron chi connectivity index (χ2n) is 6.02. The first-order valence-corrected chi connectivity index (χ1v) is 8.74. The summed E-state index contributed by atoms with van der Waals surface area (Å²) in [6, 6.07) is 14.4. The Bertz CT molecular complexity index is 1080. The first kappa shape index (κ1) is 19.2. The van der Waals surface area contributed by atoms with Crippen LogP contribution in [0.1, 0.15) is 29.8 Å². The van der Waals surface area contributed by atoms with Crippen molar-refractivity contribution in [2.24, 2.45) is 5.16 Å². The van der Waals surface area contributed by atoms with Crippen molar-refractivity contribution in [3.8, 4) is 5.75 Å². The van der Waals surface area contributed by atoms with Gasteiger partial charge in [-0.15, -0.1) is 0 Å². The molecular formula is C21H20N2O5. The second kappa shape index (κ2) is 8.39. The third-order valence-corrected chi connectivity index (χ3v) is 4.08. The SMILES string of the molecule is CCc1ccc(NC(=O)c2cc3cccc(OC)c3o/c2=N\OC(C)=O)cc1. The molecular weight excluding hydrogens is 360 g/mol. The second-order valence-corrected chi connectivity index (χ2v) is 6.02. The number of ether oxygens (including phenoxy) is 1. The molecule has 0 aliphatic rings. The molecule has 0 saturated heterocycles. The highest BCUT2D eigenvalue weighted by Crippen LogP contribution is 2.24. The smallest absolute Gasteiger partial charge is 0.332 e. The number of para-hydroxylation sites is 1. The molecule has 2 aromatic carbocycles. The fourth-order valence-corrected chi connectivity index (χ4v) is 2.64. The van der Waals surface area contributed by atoms with Crippen LogP contribution in [0, 0.1) is 0 Å². The Morgan fingerprint density at radius 2 is 1.89 bits per heavy atom. The van der Waals surface area contributed by atoms with Gasteiger partial charge in [-0.3, -0.25) is 4.79 Å². The van der Waals surface area contributed by atoms with Gasteiger partial charge in [-0.2, -0.15) is 0 Å². The van der Waals surface area contributed by atoms with Crippen molar-refractivity contribution in [2.75, 3.05) is 12.4 Å². The van der Waals surface area contributed by atoms with Gasteiger partial charge in [0.1, 0.15) is 5.56 Å². The Morgan fingerprint density at radius 3 is 2.54 bits per heavy atom. The van der Waals surface area contributed by atoms with Crippen molar-refractivity contribution < 1.29 is 23.6 Å². The topological polar surface area (TPSA) is 90.1 Å². The average Bonchev–Trinajstić information content (AvgIpc) is 2.71. The summed E-state index contributed by atoms with van der Waals surface area (Å²) in [5, 5.41) is 7.13. The van der Waals surface area contributed by atoms with Gasteiger partial charge in [-0.25, -0.2) is 4.79 Å². The molecule has 3 aromatic rings. The van der Waals surface area contributed by atoms with E-state index in [1.54, 1.807) is 24.3 Å². The molecule has 0 spiro atoms. The zero-order valence-electron chi connectivity index (χ0n) is 15.8. The van der Waals surface area contributed by atoms with E-state index in [4.69, 9.17) is 14.0 Å². The minimum atomic E-state index is -0.628. The molecule has 1 aromatic heterocycles. The average molecular weight is 380 g/mol. The van der Waals surface area contributed by atoms with E-state index in [2.05, 4.69) is 17.4 Å². The van der Waals surface area contributed by atoms with Gasteiger partial charge in [0, 0.05) is 18.0 Å². The quantitative estimate of drug-likeness (QED) is 0.539. The number of hydrogen-bond acceptors (Lipinski definition) is 6. The lowest BCUT2D eigenvalue weighted by Crippen LogP contribution is -2.22. The number of rotatable bonds is 5. The van der Waals surface area contributed by atoms with E-state index in [-0.39, 0.29) is 11.1 Å². The minimum Gasteiger partial charge on any atom is -0.493 e. The van der Waals surface area contributed by atoms with Crippen LogP contribution in [0.15, 0.2) is 58.1 Å². The van der Waals surface area contributed by atoms with E-state index >= 15 is 0 Å². The van der Waals surface area contributed by atoms with Crippen LogP contribution in [-0.2, 0) is 16.1 Å². The van der Waals surface area contributed by atoms with Crippen molar-refractivity contribution in [3.05, 3.63) is 65.2 Å². The number of anilines is 1. The van der Waals surface area contributed by atoms with E-state index in [0.717, 1.165) is 12.0 Å². The third-order valence-electron chi connectivity index (χ3n) is 4.08. The number of methoxy groups -OCH3 is 1. The summed E-state index contributed by atoms with van der Waals surface area (Å²) in [6.45, 7) is 3.27. The largest absolute Gasteiger partial charge is 0.493 e. The molecule has 0 saturated carbocycles. The van der Waals surface area contributed by atoms with Crippen LogP contribution in [0.4, 0.5) is 5.69 Å². The number of nitrogens with zero attached hydrogens (tertiary/aromatic N) is 1. The number of amides is 1. The van der Waals surface area contributed by atoms with Crippen LogP contribution in [0.5, 0.6) is 5.75 Å². The molecule has 0 aliphatic carbocycles. The van der Waals surface area contributed by atoms with E-state index in [9.17, 15) is 9.59 Å². The number of fused-ring (bicyclic) bond motifs is 1. The molecule has 0 aliphatic heterocycles. The lowest BCUT2D eigenvalue weighted by molar-refractivity contribution is -0.141. The van der Waals surface area contributed by atoms with Crippen molar-refractivity contribution in [2.45, 2.75) is 20.3 Å². The Balaban J connectivity index is 2.06. The molecule has 1 heterocycles. The Labute approximate surface area is 161 Å². The first-order valence-electron chi connectivity index (χ1n) is 8.74. The molecule has 7 heteroatoms. The molecule has 1 N–H and O–H groups in total. The third kappa shape index (κ3) is 4.20. The van der Waals surface area contributed by atoms with Crippen molar-refractivity contribution in [1.29, 1.82) is 0 Å². The van der Waals surface area contributed by atoms with Crippen LogP contribution in [0.2, 0.25) is 0 Å². The Hall–Kier alpha value is -3.61. The van der Waals surface area contributed by atoms with Crippen molar-refractivity contribution in [3.63, 3.8) is 0 Å². The van der Waals surface area contributed by atoms with Crippen molar-refractivity contribution >= 4 is 28.5 Å². The lowest BCUT2D eigenvalue weighted by Gasteiger charge is -2.09.